The monoisotopic (exact) mass is 287 g/mol. The van der Waals surface area contributed by atoms with Gasteiger partial charge < -0.3 is 10.1 Å². The molecule has 0 amide bonds. The summed E-state index contributed by atoms with van der Waals surface area (Å²) in [5.74, 6) is 1.06. The van der Waals surface area contributed by atoms with Crippen LogP contribution in [0.15, 0.2) is 24.3 Å². The average Bonchev–Trinajstić information content (AvgIpc) is 2.79. The van der Waals surface area contributed by atoms with Crippen LogP contribution in [0, 0.1) is 13.8 Å². The normalized spacial score (nSPS) is 15.6. The smallest absolute Gasteiger partial charge is 0.122 e. The zero-order chi connectivity index (χ0) is 14.1. The lowest BCUT2D eigenvalue weighted by Crippen LogP contribution is -2.17. The van der Waals surface area contributed by atoms with Gasteiger partial charge in [-0.3, -0.25) is 0 Å². The Morgan fingerprint density at radius 2 is 2.10 bits per heavy atom. The summed E-state index contributed by atoms with van der Waals surface area (Å²) in [5.41, 5.74) is 4.06. The van der Waals surface area contributed by atoms with Crippen molar-refractivity contribution in [3.05, 3.63) is 50.7 Å². The number of fused-ring (bicyclic) bond motifs is 1. The molecule has 1 N–H and O–H groups in total. The average molecular weight is 287 g/mol. The van der Waals surface area contributed by atoms with Crippen LogP contribution >= 0.6 is 11.3 Å². The van der Waals surface area contributed by atoms with Crippen molar-refractivity contribution in [1.29, 1.82) is 0 Å². The standard InChI is InChI=1S/C17H21NOS/c1-11-9-16(20-12(11)2)17(18-3)14-6-7-15-13(10-14)5-4-8-19-15/h6-7,9-10,17-18H,4-5,8H2,1-3H3. The minimum Gasteiger partial charge on any atom is -0.493 e. The quantitative estimate of drug-likeness (QED) is 0.921. The first-order valence-corrected chi connectivity index (χ1v) is 8.00. The van der Waals surface area contributed by atoms with Crippen molar-refractivity contribution in [1.82, 2.24) is 5.32 Å². The van der Waals surface area contributed by atoms with Gasteiger partial charge in [-0.2, -0.15) is 0 Å². The van der Waals surface area contributed by atoms with Crippen LogP contribution in [0.3, 0.4) is 0 Å². The van der Waals surface area contributed by atoms with Crippen LogP contribution in [-0.2, 0) is 6.42 Å². The minimum atomic E-state index is 0.277. The summed E-state index contributed by atoms with van der Waals surface area (Å²) in [5, 5.41) is 3.45. The second-order valence-electron chi connectivity index (χ2n) is 5.43. The number of hydrogen-bond acceptors (Lipinski definition) is 3. The molecule has 1 aromatic carbocycles. The van der Waals surface area contributed by atoms with Crippen LogP contribution in [0.25, 0.3) is 0 Å². The second kappa shape index (κ2) is 5.58. The van der Waals surface area contributed by atoms with Gasteiger partial charge in [0.25, 0.3) is 0 Å². The number of nitrogens with one attached hydrogen (secondary N) is 1. The lowest BCUT2D eigenvalue weighted by atomic mass is 9.98. The molecule has 0 spiro atoms. The van der Waals surface area contributed by atoms with E-state index in [1.54, 1.807) is 0 Å². The highest BCUT2D eigenvalue weighted by molar-refractivity contribution is 7.12. The molecule has 1 aliphatic heterocycles. The number of hydrogen-bond donors (Lipinski definition) is 1. The van der Waals surface area contributed by atoms with E-state index in [1.165, 1.54) is 26.4 Å². The fourth-order valence-electron chi connectivity index (χ4n) is 2.78. The second-order valence-corrected chi connectivity index (χ2v) is 6.72. The van der Waals surface area contributed by atoms with Gasteiger partial charge in [-0.1, -0.05) is 12.1 Å². The molecular weight excluding hydrogens is 266 g/mol. The number of rotatable bonds is 3. The van der Waals surface area contributed by atoms with E-state index in [1.807, 2.05) is 18.4 Å². The van der Waals surface area contributed by atoms with Crippen molar-refractivity contribution >= 4 is 11.3 Å². The topological polar surface area (TPSA) is 21.3 Å². The van der Waals surface area contributed by atoms with Crippen LogP contribution in [0.2, 0.25) is 0 Å². The summed E-state index contributed by atoms with van der Waals surface area (Å²) in [6.45, 7) is 5.23. The maximum absolute atomic E-state index is 5.70. The molecular formula is C17H21NOS. The Balaban J connectivity index is 1.96. The largest absolute Gasteiger partial charge is 0.493 e. The maximum Gasteiger partial charge on any atom is 0.122 e. The first-order chi connectivity index (χ1) is 9.69. The third-order valence-electron chi connectivity index (χ3n) is 4.02. The van der Waals surface area contributed by atoms with Gasteiger partial charge >= 0.3 is 0 Å². The molecule has 2 nitrogen and oxygen atoms in total. The number of aryl methyl sites for hydroxylation is 3. The van der Waals surface area contributed by atoms with Gasteiger partial charge in [-0.05, 0) is 62.6 Å². The Morgan fingerprint density at radius 3 is 2.80 bits per heavy atom. The van der Waals surface area contributed by atoms with E-state index in [0.29, 0.717) is 0 Å². The van der Waals surface area contributed by atoms with Crippen LogP contribution in [0.5, 0.6) is 5.75 Å². The highest BCUT2D eigenvalue weighted by Gasteiger charge is 2.18. The van der Waals surface area contributed by atoms with Crippen LogP contribution < -0.4 is 10.1 Å². The van der Waals surface area contributed by atoms with E-state index < -0.39 is 0 Å². The Morgan fingerprint density at radius 1 is 1.25 bits per heavy atom. The van der Waals surface area contributed by atoms with Crippen molar-refractivity contribution in [2.24, 2.45) is 0 Å². The molecule has 1 unspecified atom stereocenters. The van der Waals surface area contributed by atoms with E-state index in [2.05, 4.69) is 43.4 Å². The van der Waals surface area contributed by atoms with Crippen molar-refractivity contribution in [2.75, 3.05) is 13.7 Å². The van der Waals surface area contributed by atoms with E-state index in [9.17, 15) is 0 Å². The molecule has 0 saturated heterocycles. The van der Waals surface area contributed by atoms with Crippen molar-refractivity contribution in [3.8, 4) is 5.75 Å². The van der Waals surface area contributed by atoms with E-state index in [0.717, 1.165) is 25.2 Å². The molecule has 3 heteroatoms. The lowest BCUT2D eigenvalue weighted by molar-refractivity contribution is 0.288. The molecule has 106 valence electrons. The predicted molar refractivity (Wildman–Crippen MR) is 85.0 cm³/mol. The summed E-state index contributed by atoms with van der Waals surface area (Å²) in [6.07, 6.45) is 2.25. The Hall–Kier alpha value is -1.32. The first kappa shape index (κ1) is 13.7. The van der Waals surface area contributed by atoms with Crippen LogP contribution in [0.4, 0.5) is 0 Å². The zero-order valence-electron chi connectivity index (χ0n) is 12.3. The third-order valence-corrected chi connectivity index (χ3v) is 5.24. The maximum atomic E-state index is 5.70. The molecule has 1 aromatic heterocycles. The number of thiophene rings is 1. The summed E-state index contributed by atoms with van der Waals surface area (Å²) >= 11 is 1.89. The van der Waals surface area contributed by atoms with E-state index in [-0.39, 0.29) is 6.04 Å². The Kier molecular flexibility index (Phi) is 3.81. The number of benzene rings is 1. The summed E-state index contributed by atoms with van der Waals surface area (Å²) in [6, 6.07) is 9.20. The van der Waals surface area contributed by atoms with Gasteiger partial charge in [0.2, 0.25) is 0 Å². The molecule has 1 atom stereocenters. The summed E-state index contributed by atoms with van der Waals surface area (Å²) in [4.78, 5) is 2.79. The van der Waals surface area contributed by atoms with Gasteiger partial charge in [0, 0.05) is 9.75 Å². The molecule has 3 rings (SSSR count). The minimum absolute atomic E-state index is 0.277. The first-order valence-electron chi connectivity index (χ1n) is 7.19. The molecule has 0 bridgehead atoms. The molecule has 0 fully saturated rings. The third kappa shape index (κ3) is 2.48. The van der Waals surface area contributed by atoms with Crippen molar-refractivity contribution in [3.63, 3.8) is 0 Å². The molecule has 0 saturated carbocycles. The molecule has 20 heavy (non-hydrogen) atoms. The van der Waals surface area contributed by atoms with E-state index >= 15 is 0 Å². The highest BCUT2D eigenvalue weighted by Crippen LogP contribution is 2.33. The van der Waals surface area contributed by atoms with Gasteiger partial charge in [-0.15, -0.1) is 11.3 Å². The van der Waals surface area contributed by atoms with E-state index in [4.69, 9.17) is 4.74 Å². The van der Waals surface area contributed by atoms with Crippen molar-refractivity contribution < 1.29 is 4.74 Å². The van der Waals surface area contributed by atoms with Crippen molar-refractivity contribution in [2.45, 2.75) is 32.7 Å². The molecule has 0 radical (unpaired) electrons. The Labute approximate surface area is 124 Å². The van der Waals surface area contributed by atoms with Gasteiger partial charge in [0.1, 0.15) is 5.75 Å². The van der Waals surface area contributed by atoms with Crippen LogP contribution in [-0.4, -0.2) is 13.7 Å². The summed E-state index contributed by atoms with van der Waals surface area (Å²) < 4.78 is 5.70. The SMILES string of the molecule is CNC(c1ccc2c(c1)CCCO2)c1cc(C)c(C)s1. The number of ether oxygens (including phenoxy) is 1. The van der Waals surface area contributed by atoms with Gasteiger partial charge in [0.15, 0.2) is 0 Å². The molecule has 2 heterocycles. The van der Waals surface area contributed by atoms with Gasteiger partial charge in [-0.25, -0.2) is 0 Å². The zero-order valence-corrected chi connectivity index (χ0v) is 13.1. The van der Waals surface area contributed by atoms with Crippen LogP contribution in [0.1, 0.15) is 38.9 Å². The fourth-order valence-corrected chi connectivity index (χ4v) is 3.96. The lowest BCUT2D eigenvalue weighted by Gasteiger charge is -2.21. The molecule has 1 aliphatic rings. The Bertz CT molecular complexity index is 598. The molecule has 2 aromatic rings. The summed E-state index contributed by atoms with van der Waals surface area (Å²) in [7, 11) is 2.03. The predicted octanol–water partition coefficient (Wildman–Crippen LogP) is 4.00. The highest BCUT2D eigenvalue weighted by atomic mass is 32.1. The van der Waals surface area contributed by atoms with Gasteiger partial charge in [0.05, 0.1) is 12.6 Å². The molecule has 0 aliphatic carbocycles. The fraction of sp³-hybridized carbons (Fsp3) is 0.412.